The third kappa shape index (κ3) is 3.23. The summed E-state index contributed by atoms with van der Waals surface area (Å²) in [6, 6.07) is 6.71. The summed E-state index contributed by atoms with van der Waals surface area (Å²) in [7, 11) is -3.51. The molecule has 0 aliphatic carbocycles. The van der Waals surface area contributed by atoms with Crippen LogP contribution in [0.15, 0.2) is 34.3 Å². The second kappa shape index (κ2) is 5.10. The Balaban J connectivity index is 2.13. The molecule has 1 aromatic carbocycles. The van der Waals surface area contributed by atoms with Crippen molar-refractivity contribution in [2.24, 2.45) is 5.10 Å². The molecule has 1 N–H and O–H groups in total. The number of hydrogen-bond acceptors (Lipinski definition) is 4. The van der Waals surface area contributed by atoms with E-state index in [0.29, 0.717) is 0 Å². The lowest BCUT2D eigenvalue weighted by Gasteiger charge is -2.04. The Morgan fingerprint density at radius 1 is 1.29 bits per heavy atom. The molecule has 0 bridgehead atoms. The maximum absolute atomic E-state index is 11.9. The quantitative estimate of drug-likeness (QED) is 0.852. The summed E-state index contributed by atoms with van der Waals surface area (Å²) in [6.07, 6.45) is 0.862. The molecule has 0 spiro atoms. The fraction of sp³-hybridized carbons (Fsp3) is 0.364. The number of sulfonamides is 1. The standard InChI is InChI=1S/C11H14N2O2S2/c1-9-2-4-11(5-3-9)17(14,15)13-12-10-6-7-16-8-10/h2-5,13H,6-8H2,1H3. The van der Waals surface area contributed by atoms with Crippen molar-refractivity contribution in [1.29, 1.82) is 0 Å². The number of thioether (sulfide) groups is 1. The Hall–Kier alpha value is -1.01. The number of nitrogens with one attached hydrogen (secondary N) is 1. The zero-order chi connectivity index (χ0) is 12.3. The minimum absolute atomic E-state index is 0.248. The van der Waals surface area contributed by atoms with Crippen molar-refractivity contribution in [1.82, 2.24) is 4.83 Å². The minimum Gasteiger partial charge on any atom is -0.200 e. The van der Waals surface area contributed by atoms with Gasteiger partial charge in [-0.2, -0.15) is 25.3 Å². The fourth-order valence-electron chi connectivity index (χ4n) is 1.44. The van der Waals surface area contributed by atoms with Gasteiger partial charge in [-0.3, -0.25) is 0 Å². The molecule has 0 aromatic heterocycles. The predicted octanol–water partition coefficient (Wildman–Crippen LogP) is 1.77. The van der Waals surface area contributed by atoms with Gasteiger partial charge in [-0.15, -0.1) is 0 Å². The molecule has 1 saturated heterocycles. The van der Waals surface area contributed by atoms with E-state index in [4.69, 9.17) is 0 Å². The van der Waals surface area contributed by atoms with Crippen LogP contribution in [-0.2, 0) is 10.0 Å². The molecule has 92 valence electrons. The Morgan fingerprint density at radius 2 is 2.00 bits per heavy atom. The Kier molecular flexibility index (Phi) is 3.73. The minimum atomic E-state index is -3.51. The van der Waals surface area contributed by atoms with Gasteiger partial charge in [0.05, 0.1) is 4.90 Å². The molecule has 17 heavy (non-hydrogen) atoms. The highest BCUT2D eigenvalue weighted by Crippen LogP contribution is 2.15. The number of aryl methyl sites for hydroxylation is 1. The highest BCUT2D eigenvalue weighted by molar-refractivity contribution is 8.00. The van der Waals surface area contributed by atoms with Crippen LogP contribution in [0.2, 0.25) is 0 Å². The molecule has 0 unspecified atom stereocenters. The van der Waals surface area contributed by atoms with Crippen molar-refractivity contribution >= 4 is 27.5 Å². The first-order valence-corrected chi connectivity index (χ1v) is 7.93. The average molecular weight is 270 g/mol. The van der Waals surface area contributed by atoms with E-state index in [-0.39, 0.29) is 4.90 Å². The molecule has 1 aliphatic heterocycles. The summed E-state index contributed by atoms with van der Waals surface area (Å²) < 4.78 is 23.8. The van der Waals surface area contributed by atoms with Crippen LogP contribution in [0, 0.1) is 6.92 Å². The number of benzene rings is 1. The summed E-state index contributed by atoms with van der Waals surface area (Å²) in [5, 5.41) is 3.95. The van der Waals surface area contributed by atoms with E-state index in [0.717, 1.165) is 29.2 Å². The van der Waals surface area contributed by atoms with E-state index in [1.807, 2.05) is 6.92 Å². The van der Waals surface area contributed by atoms with Gasteiger partial charge in [0.2, 0.25) is 0 Å². The lowest BCUT2D eigenvalue weighted by molar-refractivity contribution is 0.584. The maximum atomic E-state index is 11.9. The lowest BCUT2D eigenvalue weighted by atomic mass is 10.2. The van der Waals surface area contributed by atoms with Crippen molar-refractivity contribution in [2.45, 2.75) is 18.2 Å². The van der Waals surface area contributed by atoms with Gasteiger partial charge in [-0.05, 0) is 31.2 Å². The van der Waals surface area contributed by atoms with Gasteiger partial charge in [0.25, 0.3) is 10.0 Å². The molecule has 0 radical (unpaired) electrons. The van der Waals surface area contributed by atoms with Crippen LogP contribution >= 0.6 is 11.8 Å². The first-order valence-electron chi connectivity index (χ1n) is 5.29. The molecule has 0 amide bonds. The Bertz CT molecular complexity index is 513. The Morgan fingerprint density at radius 3 is 2.59 bits per heavy atom. The molecule has 2 rings (SSSR count). The van der Waals surface area contributed by atoms with Crippen molar-refractivity contribution in [3.05, 3.63) is 29.8 Å². The van der Waals surface area contributed by atoms with Gasteiger partial charge in [-0.1, -0.05) is 17.7 Å². The van der Waals surface area contributed by atoms with Gasteiger partial charge >= 0.3 is 0 Å². The third-order valence-corrected chi connectivity index (χ3v) is 4.71. The number of hydrogen-bond donors (Lipinski definition) is 1. The molecule has 1 heterocycles. The van der Waals surface area contributed by atoms with Crippen LogP contribution in [0.4, 0.5) is 0 Å². The smallest absolute Gasteiger partial charge is 0.200 e. The van der Waals surface area contributed by atoms with Gasteiger partial charge in [0, 0.05) is 11.5 Å². The van der Waals surface area contributed by atoms with E-state index in [9.17, 15) is 8.42 Å². The van der Waals surface area contributed by atoms with Crippen molar-refractivity contribution in [3.8, 4) is 0 Å². The van der Waals surface area contributed by atoms with Crippen LogP contribution in [0.25, 0.3) is 0 Å². The zero-order valence-corrected chi connectivity index (χ0v) is 11.1. The third-order valence-electron chi connectivity index (χ3n) is 2.46. The summed E-state index contributed by atoms with van der Waals surface area (Å²) in [6.45, 7) is 1.92. The lowest BCUT2D eigenvalue weighted by Crippen LogP contribution is -2.20. The van der Waals surface area contributed by atoms with Gasteiger partial charge in [0.1, 0.15) is 0 Å². The SMILES string of the molecule is Cc1ccc(S(=O)(=O)NN=C2CCSC2)cc1. The monoisotopic (exact) mass is 270 g/mol. The Labute approximate surface area is 106 Å². The summed E-state index contributed by atoms with van der Waals surface area (Å²) >= 11 is 1.76. The van der Waals surface area contributed by atoms with Gasteiger partial charge < -0.3 is 0 Å². The first-order chi connectivity index (χ1) is 8.08. The van der Waals surface area contributed by atoms with Crippen LogP contribution < -0.4 is 4.83 Å². The van der Waals surface area contributed by atoms with E-state index < -0.39 is 10.0 Å². The number of rotatable bonds is 3. The van der Waals surface area contributed by atoms with E-state index >= 15 is 0 Å². The molecule has 0 saturated carbocycles. The summed E-state index contributed by atoms with van der Waals surface area (Å²) in [5.41, 5.74) is 1.94. The van der Waals surface area contributed by atoms with E-state index in [1.165, 1.54) is 0 Å². The predicted molar refractivity (Wildman–Crippen MR) is 70.9 cm³/mol. The molecule has 1 aromatic rings. The second-order valence-corrected chi connectivity index (χ2v) is 6.65. The number of nitrogens with zero attached hydrogens (tertiary/aromatic N) is 1. The highest BCUT2D eigenvalue weighted by atomic mass is 32.2. The molecule has 1 aliphatic rings. The highest BCUT2D eigenvalue weighted by Gasteiger charge is 2.14. The largest absolute Gasteiger partial charge is 0.276 e. The van der Waals surface area contributed by atoms with E-state index in [2.05, 4.69) is 9.93 Å². The molecule has 0 atom stereocenters. The topological polar surface area (TPSA) is 58.5 Å². The average Bonchev–Trinajstić information content (AvgIpc) is 2.80. The van der Waals surface area contributed by atoms with Crippen LogP contribution in [0.3, 0.4) is 0 Å². The van der Waals surface area contributed by atoms with E-state index in [1.54, 1.807) is 36.0 Å². The normalized spacial score (nSPS) is 18.5. The molecule has 1 fully saturated rings. The van der Waals surface area contributed by atoms with Gasteiger partial charge in [-0.25, -0.2) is 4.83 Å². The fourth-order valence-corrected chi connectivity index (χ4v) is 3.25. The molecular formula is C11H14N2O2S2. The summed E-state index contributed by atoms with van der Waals surface area (Å²) in [5.74, 6) is 1.83. The first kappa shape index (κ1) is 12.4. The maximum Gasteiger partial charge on any atom is 0.276 e. The van der Waals surface area contributed by atoms with Crippen molar-refractivity contribution in [2.75, 3.05) is 11.5 Å². The summed E-state index contributed by atoms with van der Waals surface area (Å²) in [4.78, 5) is 2.53. The van der Waals surface area contributed by atoms with Crippen LogP contribution in [0.5, 0.6) is 0 Å². The van der Waals surface area contributed by atoms with Crippen LogP contribution in [-0.4, -0.2) is 25.6 Å². The molecular weight excluding hydrogens is 256 g/mol. The van der Waals surface area contributed by atoms with Gasteiger partial charge in [0.15, 0.2) is 0 Å². The molecule has 6 heteroatoms. The zero-order valence-electron chi connectivity index (χ0n) is 9.51. The van der Waals surface area contributed by atoms with Crippen LogP contribution in [0.1, 0.15) is 12.0 Å². The molecule has 4 nitrogen and oxygen atoms in total. The number of hydrazone groups is 1. The van der Waals surface area contributed by atoms with Crippen molar-refractivity contribution < 1.29 is 8.42 Å². The second-order valence-electron chi connectivity index (χ2n) is 3.89. The van der Waals surface area contributed by atoms with Crippen molar-refractivity contribution in [3.63, 3.8) is 0 Å².